The van der Waals surface area contributed by atoms with Crippen LogP contribution in [0.4, 0.5) is 0 Å². The van der Waals surface area contributed by atoms with Gasteiger partial charge in [-0.1, -0.05) is 33.6 Å². The molecule has 0 bridgehead atoms. The Morgan fingerprint density at radius 1 is 1.47 bits per heavy atom. The molecule has 0 aromatic heterocycles. The molecule has 4 atom stereocenters. The maximum Gasteiger partial charge on any atom is 0.217 e. The van der Waals surface area contributed by atoms with Gasteiger partial charge in [0.25, 0.3) is 0 Å². The van der Waals surface area contributed by atoms with Crippen LogP contribution in [0.25, 0.3) is 0 Å². The summed E-state index contributed by atoms with van der Waals surface area (Å²) in [5.74, 6) is 2.71. The lowest BCUT2D eigenvalue weighted by molar-refractivity contribution is -0.121. The minimum absolute atomic E-state index is 0.0782. The van der Waals surface area contributed by atoms with Crippen molar-refractivity contribution in [3.63, 3.8) is 0 Å². The Morgan fingerprint density at radius 2 is 2.05 bits per heavy atom. The van der Waals surface area contributed by atoms with Gasteiger partial charge in [0.2, 0.25) is 5.91 Å². The Labute approximate surface area is 115 Å². The van der Waals surface area contributed by atoms with Crippen LogP contribution in [-0.4, -0.2) is 34.9 Å². The van der Waals surface area contributed by atoms with Crippen LogP contribution < -0.4 is 5.32 Å². The van der Waals surface area contributed by atoms with Crippen LogP contribution in [0, 0.1) is 24.2 Å². The Balaban J connectivity index is 3.07. The molecule has 1 fully saturated rings. The number of ether oxygens (including phenoxy) is 1. The Morgan fingerprint density at radius 3 is 2.42 bits per heavy atom. The standard InChI is InChI=1S/C15H25NO3/c1-7-15(18)13(16-11(6)17)12(8-9(2)3)19-14(15)10(4)5/h1,9-10,12-14,18H,8H2,2-6H3,(H,16,17)/t12-,13+,14+,15-/m1/s1. The smallest absolute Gasteiger partial charge is 0.217 e. The number of nitrogens with one attached hydrogen (secondary N) is 1. The lowest BCUT2D eigenvalue weighted by atomic mass is 9.83. The number of amides is 1. The number of hydrogen-bond donors (Lipinski definition) is 2. The number of carbonyl (C=O) groups is 1. The molecule has 1 aliphatic rings. The second-order valence-electron chi connectivity index (χ2n) is 6.12. The molecule has 0 spiro atoms. The molecule has 0 aromatic rings. The quantitative estimate of drug-likeness (QED) is 0.755. The maximum atomic E-state index is 11.4. The zero-order valence-corrected chi connectivity index (χ0v) is 12.4. The summed E-state index contributed by atoms with van der Waals surface area (Å²) in [5, 5.41) is 13.5. The monoisotopic (exact) mass is 267 g/mol. The van der Waals surface area contributed by atoms with E-state index in [-0.39, 0.29) is 17.9 Å². The lowest BCUT2D eigenvalue weighted by Crippen LogP contribution is -2.56. The Bertz CT molecular complexity index is 372. The fraction of sp³-hybridized carbons (Fsp3) is 0.800. The van der Waals surface area contributed by atoms with E-state index in [9.17, 15) is 9.90 Å². The Kier molecular flexibility index (Phi) is 5.00. The van der Waals surface area contributed by atoms with E-state index in [0.717, 1.165) is 6.42 Å². The molecule has 1 heterocycles. The van der Waals surface area contributed by atoms with Gasteiger partial charge in [0, 0.05) is 6.92 Å². The van der Waals surface area contributed by atoms with Crippen molar-refractivity contribution in [1.82, 2.24) is 5.32 Å². The van der Waals surface area contributed by atoms with Gasteiger partial charge in [-0.15, -0.1) is 6.42 Å². The first kappa shape index (κ1) is 16.0. The SMILES string of the molecule is C#C[C@]1(O)[C@H](C(C)C)O[C@H](CC(C)C)[C@@H]1NC(C)=O. The van der Waals surface area contributed by atoms with Crippen molar-refractivity contribution in [2.24, 2.45) is 11.8 Å². The first-order chi connectivity index (χ1) is 8.72. The molecule has 19 heavy (non-hydrogen) atoms. The van der Waals surface area contributed by atoms with Crippen LogP contribution in [0.15, 0.2) is 0 Å². The van der Waals surface area contributed by atoms with Crippen molar-refractivity contribution in [2.75, 3.05) is 0 Å². The lowest BCUT2D eigenvalue weighted by Gasteiger charge is -2.31. The molecule has 1 aliphatic heterocycles. The first-order valence-corrected chi connectivity index (χ1v) is 6.85. The van der Waals surface area contributed by atoms with Gasteiger partial charge >= 0.3 is 0 Å². The fourth-order valence-corrected chi connectivity index (χ4v) is 2.75. The van der Waals surface area contributed by atoms with Crippen LogP contribution in [0.5, 0.6) is 0 Å². The largest absolute Gasteiger partial charge is 0.373 e. The van der Waals surface area contributed by atoms with Gasteiger partial charge in [-0.25, -0.2) is 0 Å². The molecular weight excluding hydrogens is 242 g/mol. The van der Waals surface area contributed by atoms with Crippen molar-refractivity contribution in [3.05, 3.63) is 0 Å². The summed E-state index contributed by atoms with van der Waals surface area (Å²) >= 11 is 0. The highest BCUT2D eigenvalue weighted by Crippen LogP contribution is 2.37. The van der Waals surface area contributed by atoms with Gasteiger partial charge in [-0.2, -0.15) is 0 Å². The highest BCUT2D eigenvalue weighted by molar-refractivity contribution is 5.73. The van der Waals surface area contributed by atoms with Crippen LogP contribution >= 0.6 is 0 Å². The highest BCUT2D eigenvalue weighted by atomic mass is 16.5. The molecule has 108 valence electrons. The molecule has 0 unspecified atom stereocenters. The second-order valence-corrected chi connectivity index (χ2v) is 6.12. The van der Waals surface area contributed by atoms with E-state index in [2.05, 4.69) is 25.1 Å². The summed E-state index contributed by atoms with van der Waals surface area (Å²) in [6.45, 7) is 9.48. The van der Waals surface area contributed by atoms with Crippen LogP contribution in [0.3, 0.4) is 0 Å². The molecule has 1 rings (SSSR count). The predicted molar refractivity (Wildman–Crippen MR) is 74.3 cm³/mol. The summed E-state index contributed by atoms with van der Waals surface area (Å²) in [5.41, 5.74) is -1.45. The summed E-state index contributed by atoms with van der Waals surface area (Å²) in [6.07, 6.45) is 5.56. The molecule has 0 aromatic carbocycles. The van der Waals surface area contributed by atoms with E-state index in [4.69, 9.17) is 11.2 Å². The van der Waals surface area contributed by atoms with Gasteiger partial charge < -0.3 is 15.2 Å². The van der Waals surface area contributed by atoms with Crippen molar-refractivity contribution in [1.29, 1.82) is 0 Å². The number of hydrogen-bond acceptors (Lipinski definition) is 3. The molecule has 2 N–H and O–H groups in total. The van der Waals surface area contributed by atoms with E-state index in [1.165, 1.54) is 6.92 Å². The van der Waals surface area contributed by atoms with E-state index < -0.39 is 17.7 Å². The van der Waals surface area contributed by atoms with Crippen molar-refractivity contribution >= 4 is 5.91 Å². The van der Waals surface area contributed by atoms with Crippen molar-refractivity contribution in [2.45, 2.75) is 64.9 Å². The Hall–Kier alpha value is -1.05. The van der Waals surface area contributed by atoms with Gasteiger partial charge in [-0.05, 0) is 18.3 Å². The van der Waals surface area contributed by atoms with Crippen molar-refractivity contribution in [3.8, 4) is 12.3 Å². The minimum atomic E-state index is -1.45. The molecule has 0 radical (unpaired) electrons. The van der Waals surface area contributed by atoms with E-state index in [1.54, 1.807) is 0 Å². The number of carbonyl (C=O) groups excluding carboxylic acids is 1. The van der Waals surface area contributed by atoms with Crippen LogP contribution in [-0.2, 0) is 9.53 Å². The third-order valence-electron chi connectivity index (χ3n) is 3.50. The third-order valence-corrected chi connectivity index (χ3v) is 3.50. The minimum Gasteiger partial charge on any atom is -0.373 e. The topological polar surface area (TPSA) is 58.6 Å². The van der Waals surface area contributed by atoms with Gasteiger partial charge in [0.1, 0.15) is 6.10 Å². The molecular formula is C15H25NO3. The number of terminal acetylenes is 1. The van der Waals surface area contributed by atoms with Crippen LogP contribution in [0.1, 0.15) is 41.0 Å². The fourth-order valence-electron chi connectivity index (χ4n) is 2.75. The van der Waals surface area contributed by atoms with Crippen molar-refractivity contribution < 1.29 is 14.6 Å². The average molecular weight is 267 g/mol. The third kappa shape index (κ3) is 3.29. The van der Waals surface area contributed by atoms with Gasteiger partial charge in [0.05, 0.1) is 12.1 Å². The molecule has 0 saturated carbocycles. The normalized spacial score (nSPS) is 34.6. The zero-order chi connectivity index (χ0) is 14.8. The molecule has 4 heteroatoms. The molecule has 0 aliphatic carbocycles. The first-order valence-electron chi connectivity index (χ1n) is 6.85. The summed E-state index contributed by atoms with van der Waals surface area (Å²) in [6, 6.07) is -0.551. The predicted octanol–water partition coefficient (Wildman–Crippen LogP) is 1.32. The van der Waals surface area contributed by atoms with E-state index >= 15 is 0 Å². The van der Waals surface area contributed by atoms with E-state index in [1.807, 2.05) is 13.8 Å². The molecule has 1 saturated heterocycles. The highest BCUT2D eigenvalue weighted by Gasteiger charge is 2.56. The van der Waals surface area contributed by atoms with E-state index in [0.29, 0.717) is 5.92 Å². The zero-order valence-electron chi connectivity index (χ0n) is 12.4. The van der Waals surface area contributed by atoms with Gasteiger partial charge in [0.15, 0.2) is 5.60 Å². The molecule has 4 nitrogen and oxygen atoms in total. The second kappa shape index (κ2) is 5.94. The number of rotatable bonds is 4. The summed E-state index contributed by atoms with van der Waals surface area (Å²) in [7, 11) is 0. The number of aliphatic hydroxyl groups is 1. The average Bonchev–Trinajstić information content (AvgIpc) is 2.53. The maximum absolute atomic E-state index is 11.4. The summed E-state index contributed by atoms with van der Waals surface area (Å²) in [4.78, 5) is 11.4. The molecule has 1 amide bonds. The summed E-state index contributed by atoms with van der Waals surface area (Å²) < 4.78 is 5.95. The van der Waals surface area contributed by atoms with Gasteiger partial charge in [-0.3, -0.25) is 4.79 Å². The van der Waals surface area contributed by atoms with Crippen LogP contribution in [0.2, 0.25) is 0 Å².